The molecule has 2 atom stereocenters. The fraction of sp³-hybridized carbons (Fsp3) is 0.600. The van der Waals surface area contributed by atoms with Crippen LogP contribution in [0.5, 0.6) is 0 Å². The average molecular weight is 150 g/mol. The van der Waals surface area contributed by atoms with E-state index in [1.165, 1.54) is 6.42 Å². The third-order valence-electron chi connectivity index (χ3n) is 2.22. The predicted octanol–water partition coefficient (Wildman–Crippen LogP) is 1.73. The quantitative estimate of drug-likeness (QED) is 0.564. The Hall–Kier alpha value is -0.740. The summed E-state index contributed by atoms with van der Waals surface area (Å²) in [5.41, 5.74) is 0. The normalized spacial score (nSPS) is 32.0. The number of hydrogen-bond donors (Lipinski definition) is 1. The average Bonchev–Trinajstić information content (AvgIpc) is 2.03. The molecule has 1 heteroatoms. The van der Waals surface area contributed by atoms with Gasteiger partial charge < -0.3 is 5.11 Å². The zero-order valence-electron chi connectivity index (χ0n) is 6.66. The highest BCUT2D eigenvalue weighted by atomic mass is 16.3. The van der Waals surface area contributed by atoms with E-state index in [0.29, 0.717) is 5.92 Å². The highest BCUT2D eigenvalue weighted by Crippen LogP contribution is 2.24. The molecule has 1 rings (SSSR count). The van der Waals surface area contributed by atoms with Crippen molar-refractivity contribution < 1.29 is 5.11 Å². The fourth-order valence-electron chi connectivity index (χ4n) is 1.54. The Bertz CT molecular complexity index is 176. The smallest absolute Gasteiger partial charge is 0.0603 e. The molecular formula is C10H14O. The molecule has 1 aliphatic rings. The Kier molecular flexibility index (Phi) is 3.19. The molecular weight excluding hydrogens is 136 g/mol. The summed E-state index contributed by atoms with van der Waals surface area (Å²) in [5, 5.41) is 9.48. The van der Waals surface area contributed by atoms with E-state index in [-0.39, 0.29) is 6.10 Å². The van der Waals surface area contributed by atoms with E-state index in [1.54, 1.807) is 6.08 Å². The van der Waals surface area contributed by atoms with Crippen LogP contribution in [0.3, 0.4) is 0 Å². The third-order valence-corrected chi connectivity index (χ3v) is 2.22. The van der Waals surface area contributed by atoms with Crippen LogP contribution in [0.25, 0.3) is 0 Å². The Labute approximate surface area is 68.1 Å². The topological polar surface area (TPSA) is 20.2 Å². The third kappa shape index (κ3) is 2.40. The van der Waals surface area contributed by atoms with E-state index in [2.05, 4.69) is 5.92 Å². The summed E-state index contributed by atoms with van der Waals surface area (Å²) >= 11 is 0. The SMILES string of the molecule is C#C/C=C/C1CCCCC1O. The van der Waals surface area contributed by atoms with Crippen molar-refractivity contribution >= 4 is 0 Å². The second-order valence-electron chi connectivity index (χ2n) is 3.04. The summed E-state index contributed by atoms with van der Waals surface area (Å²) < 4.78 is 0. The van der Waals surface area contributed by atoms with Gasteiger partial charge in [-0.1, -0.05) is 24.8 Å². The first-order valence-corrected chi connectivity index (χ1v) is 4.15. The van der Waals surface area contributed by atoms with Crippen molar-refractivity contribution in [1.29, 1.82) is 0 Å². The zero-order valence-corrected chi connectivity index (χ0v) is 6.66. The summed E-state index contributed by atoms with van der Waals surface area (Å²) in [6, 6.07) is 0. The molecule has 0 saturated heterocycles. The summed E-state index contributed by atoms with van der Waals surface area (Å²) in [6.45, 7) is 0. The van der Waals surface area contributed by atoms with E-state index in [9.17, 15) is 5.11 Å². The molecule has 0 heterocycles. The second-order valence-corrected chi connectivity index (χ2v) is 3.04. The van der Waals surface area contributed by atoms with Gasteiger partial charge in [-0.25, -0.2) is 0 Å². The van der Waals surface area contributed by atoms with Crippen molar-refractivity contribution in [3.05, 3.63) is 12.2 Å². The van der Waals surface area contributed by atoms with Crippen LogP contribution in [0.1, 0.15) is 25.7 Å². The van der Waals surface area contributed by atoms with Crippen LogP contribution in [-0.4, -0.2) is 11.2 Å². The van der Waals surface area contributed by atoms with Gasteiger partial charge in [0.25, 0.3) is 0 Å². The lowest BCUT2D eigenvalue weighted by molar-refractivity contribution is 0.0928. The molecule has 0 aromatic heterocycles. The summed E-state index contributed by atoms with van der Waals surface area (Å²) in [5.74, 6) is 2.75. The lowest BCUT2D eigenvalue weighted by atomic mass is 9.86. The van der Waals surface area contributed by atoms with Gasteiger partial charge in [0.05, 0.1) is 6.10 Å². The number of allylic oxidation sites excluding steroid dienone is 1. The second kappa shape index (κ2) is 4.20. The molecule has 0 bridgehead atoms. The maximum Gasteiger partial charge on any atom is 0.0603 e. The molecule has 0 amide bonds. The minimum atomic E-state index is -0.159. The molecule has 2 unspecified atom stereocenters. The van der Waals surface area contributed by atoms with Gasteiger partial charge in [-0.3, -0.25) is 0 Å². The van der Waals surface area contributed by atoms with Crippen LogP contribution >= 0.6 is 0 Å². The molecule has 1 nitrogen and oxygen atoms in total. The number of aliphatic hydroxyl groups is 1. The molecule has 0 aromatic carbocycles. The number of rotatable bonds is 1. The van der Waals surface area contributed by atoms with Crippen molar-refractivity contribution in [3.63, 3.8) is 0 Å². The Morgan fingerprint density at radius 1 is 1.36 bits per heavy atom. The van der Waals surface area contributed by atoms with E-state index >= 15 is 0 Å². The Morgan fingerprint density at radius 2 is 2.09 bits per heavy atom. The van der Waals surface area contributed by atoms with Crippen LogP contribution in [0.4, 0.5) is 0 Å². The highest BCUT2D eigenvalue weighted by Gasteiger charge is 2.19. The minimum Gasteiger partial charge on any atom is -0.393 e. The molecule has 1 saturated carbocycles. The molecule has 11 heavy (non-hydrogen) atoms. The minimum absolute atomic E-state index is 0.159. The summed E-state index contributed by atoms with van der Waals surface area (Å²) in [4.78, 5) is 0. The lowest BCUT2D eigenvalue weighted by Gasteiger charge is -2.24. The van der Waals surface area contributed by atoms with Crippen molar-refractivity contribution in [2.45, 2.75) is 31.8 Å². The van der Waals surface area contributed by atoms with E-state index in [0.717, 1.165) is 19.3 Å². The van der Waals surface area contributed by atoms with Crippen molar-refractivity contribution in [2.75, 3.05) is 0 Å². The fourth-order valence-corrected chi connectivity index (χ4v) is 1.54. The molecule has 60 valence electrons. The number of aliphatic hydroxyl groups excluding tert-OH is 1. The molecule has 1 aliphatic carbocycles. The van der Waals surface area contributed by atoms with Gasteiger partial charge in [-0.15, -0.1) is 6.42 Å². The van der Waals surface area contributed by atoms with E-state index in [4.69, 9.17) is 6.42 Å². The van der Waals surface area contributed by atoms with Gasteiger partial charge in [0, 0.05) is 5.92 Å². The van der Waals surface area contributed by atoms with Gasteiger partial charge in [0.2, 0.25) is 0 Å². The maximum atomic E-state index is 9.48. The van der Waals surface area contributed by atoms with Crippen LogP contribution in [0, 0.1) is 18.3 Å². The molecule has 0 aliphatic heterocycles. The predicted molar refractivity (Wildman–Crippen MR) is 45.9 cm³/mol. The van der Waals surface area contributed by atoms with E-state index in [1.807, 2.05) is 6.08 Å². The van der Waals surface area contributed by atoms with Gasteiger partial charge in [0.15, 0.2) is 0 Å². The first-order valence-electron chi connectivity index (χ1n) is 4.15. The first-order chi connectivity index (χ1) is 5.34. The zero-order chi connectivity index (χ0) is 8.10. The number of terminal acetylenes is 1. The Balaban J connectivity index is 2.43. The van der Waals surface area contributed by atoms with Crippen LogP contribution in [0.2, 0.25) is 0 Å². The maximum absolute atomic E-state index is 9.48. The first kappa shape index (κ1) is 8.36. The molecule has 0 spiro atoms. The largest absolute Gasteiger partial charge is 0.393 e. The number of hydrogen-bond acceptors (Lipinski definition) is 1. The summed E-state index contributed by atoms with van der Waals surface area (Å²) in [7, 11) is 0. The van der Waals surface area contributed by atoms with Gasteiger partial charge >= 0.3 is 0 Å². The van der Waals surface area contributed by atoms with Gasteiger partial charge in [-0.2, -0.15) is 0 Å². The molecule has 0 aromatic rings. The van der Waals surface area contributed by atoms with Crippen molar-refractivity contribution in [2.24, 2.45) is 5.92 Å². The summed E-state index contributed by atoms with van der Waals surface area (Å²) in [6.07, 6.45) is 12.9. The monoisotopic (exact) mass is 150 g/mol. The van der Waals surface area contributed by atoms with Crippen LogP contribution in [0.15, 0.2) is 12.2 Å². The van der Waals surface area contributed by atoms with Gasteiger partial charge in [-0.05, 0) is 18.9 Å². The lowest BCUT2D eigenvalue weighted by Crippen LogP contribution is -2.22. The highest BCUT2D eigenvalue weighted by molar-refractivity contribution is 5.11. The van der Waals surface area contributed by atoms with Gasteiger partial charge in [0.1, 0.15) is 0 Å². The molecule has 0 radical (unpaired) electrons. The Morgan fingerprint density at radius 3 is 2.73 bits per heavy atom. The van der Waals surface area contributed by atoms with Crippen LogP contribution < -0.4 is 0 Å². The van der Waals surface area contributed by atoms with Crippen LogP contribution in [-0.2, 0) is 0 Å². The molecule has 1 fully saturated rings. The van der Waals surface area contributed by atoms with Crippen molar-refractivity contribution in [1.82, 2.24) is 0 Å². The van der Waals surface area contributed by atoms with Crippen molar-refractivity contribution in [3.8, 4) is 12.3 Å². The standard InChI is InChI=1S/C10H14O/c1-2-3-6-9-7-4-5-8-10(9)11/h1,3,6,9-11H,4-5,7-8H2/b6-3+. The van der Waals surface area contributed by atoms with E-state index < -0.39 is 0 Å². The molecule has 1 N–H and O–H groups in total.